The summed E-state index contributed by atoms with van der Waals surface area (Å²) in [6, 6.07) is 2.08. The number of carbonyl (C=O) groups is 1. The maximum absolute atomic E-state index is 12.0. The number of esters is 1. The Kier molecular flexibility index (Phi) is 6.06. The lowest BCUT2D eigenvalue weighted by Gasteiger charge is -2.17. The van der Waals surface area contributed by atoms with Crippen molar-refractivity contribution in [2.45, 2.75) is 25.5 Å². The van der Waals surface area contributed by atoms with E-state index in [9.17, 15) is 10.1 Å². The van der Waals surface area contributed by atoms with Crippen LogP contribution in [-0.2, 0) is 10.5 Å². The lowest BCUT2D eigenvalue weighted by molar-refractivity contribution is 0.0531. The third-order valence-electron chi connectivity index (χ3n) is 3.31. The number of thiocarbonyl (C=S) groups is 1. The van der Waals surface area contributed by atoms with Gasteiger partial charge in [0.1, 0.15) is 20.3 Å². The van der Waals surface area contributed by atoms with Gasteiger partial charge < -0.3 is 15.4 Å². The standard InChI is InChI=1S/C14H17N3O2S3/c1-2-19-13(18)11-10(9(7-15)12(16)22-11)8-21-14(20)17-5-3-4-6-17/h2-6,8,16H2,1H3. The summed E-state index contributed by atoms with van der Waals surface area (Å²) in [5.74, 6) is 0.0310. The largest absolute Gasteiger partial charge is 0.462 e. The van der Waals surface area contributed by atoms with E-state index in [2.05, 4.69) is 11.0 Å². The Bertz CT molecular complexity index is 616. The number of carbonyl (C=O) groups excluding carboxylic acids is 1. The van der Waals surface area contributed by atoms with Crippen LogP contribution in [0.5, 0.6) is 0 Å². The van der Waals surface area contributed by atoms with Gasteiger partial charge in [-0.15, -0.1) is 11.3 Å². The van der Waals surface area contributed by atoms with Gasteiger partial charge in [-0.1, -0.05) is 24.0 Å². The monoisotopic (exact) mass is 355 g/mol. The summed E-state index contributed by atoms with van der Waals surface area (Å²) < 4.78 is 5.85. The summed E-state index contributed by atoms with van der Waals surface area (Å²) in [6.07, 6.45) is 2.31. The molecular weight excluding hydrogens is 338 g/mol. The third kappa shape index (κ3) is 3.72. The molecule has 1 saturated heterocycles. The zero-order valence-electron chi connectivity index (χ0n) is 12.3. The van der Waals surface area contributed by atoms with E-state index in [1.54, 1.807) is 6.92 Å². The molecule has 2 heterocycles. The van der Waals surface area contributed by atoms with Crippen molar-refractivity contribution in [3.05, 3.63) is 16.0 Å². The predicted molar refractivity (Wildman–Crippen MR) is 94.1 cm³/mol. The van der Waals surface area contributed by atoms with Crippen molar-refractivity contribution in [1.29, 1.82) is 5.26 Å². The van der Waals surface area contributed by atoms with Crippen molar-refractivity contribution in [3.63, 3.8) is 0 Å². The summed E-state index contributed by atoms with van der Waals surface area (Å²) in [4.78, 5) is 14.6. The molecule has 118 valence electrons. The number of anilines is 1. The van der Waals surface area contributed by atoms with Crippen molar-refractivity contribution in [2.75, 3.05) is 25.4 Å². The number of nitrogen functional groups attached to an aromatic ring is 1. The highest BCUT2D eigenvalue weighted by Crippen LogP contribution is 2.34. The molecule has 1 aliphatic rings. The molecule has 22 heavy (non-hydrogen) atoms. The number of nitrogens with two attached hydrogens (primary N) is 1. The van der Waals surface area contributed by atoms with E-state index in [1.165, 1.54) is 11.8 Å². The molecule has 1 aromatic heterocycles. The van der Waals surface area contributed by atoms with E-state index < -0.39 is 5.97 Å². The van der Waals surface area contributed by atoms with Gasteiger partial charge in [-0.3, -0.25) is 0 Å². The van der Waals surface area contributed by atoms with Crippen LogP contribution in [0.2, 0.25) is 0 Å². The molecule has 0 saturated carbocycles. The van der Waals surface area contributed by atoms with Crippen LogP contribution in [0.1, 0.15) is 40.6 Å². The highest BCUT2D eigenvalue weighted by Gasteiger charge is 2.24. The van der Waals surface area contributed by atoms with Crippen LogP contribution in [0.25, 0.3) is 0 Å². The molecule has 0 aliphatic carbocycles. The van der Waals surface area contributed by atoms with Crippen molar-refractivity contribution in [3.8, 4) is 6.07 Å². The van der Waals surface area contributed by atoms with Crippen LogP contribution in [0.15, 0.2) is 0 Å². The first kappa shape index (κ1) is 17.1. The first-order valence-electron chi connectivity index (χ1n) is 6.98. The molecule has 5 nitrogen and oxygen atoms in total. The van der Waals surface area contributed by atoms with Crippen LogP contribution >= 0.6 is 35.3 Å². The Morgan fingerprint density at radius 3 is 2.82 bits per heavy atom. The Morgan fingerprint density at radius 2 is 2.23 bits per heavy atom. The molecule has 0 bridgehead atoms. The van der Waals surface area contributed by atoms with Crippen molar-refractivity contribution < 1.29 is 9.53 Å². The fourth-order valence-corrected chi connectivity index (χ4v) is 4.53. The highest BCUT2D eigenvalue weighted by atomic mass is 32.2. The van der Waals surface area contributed by atoms with Gasteiger partial charge in [0.05, 0.1) is 12.2 Å². The number of likely N-dealkylation sites (tertiary alicyclic amines) is 1. The molecule has 8 heteroatoms. The van der Waals surface area contributed by atoms with Gasteiger partial charge in [0.15, 0.2) is 0 Å². The maximum Gasteiger partial charge on any atom is 0.348 e. The minimum absolute atomic E-state index is 0.289. The van der Waals surface area contributed by atoms with Crippen molar-refractivity contribution >= 4 is 50.6 Å². The minimum atomic E-state index is -0.427. The molecule has 0 amide bonds. The maximum atomic E-state index is 12.0. The number of rotatable bonds is 4. The molecule has 0 unspecified atom stereocenters. The van der Waals surface area contributed by atoms with Gasteiger partial charge >= 0.3 is 5.97 Å². The summed E-state index contributed by atoms with van der Waals surface area (Å²) >= 11 is 8.00. The summed E-state index contributed by atoms with van der Waals surface area (Å²) in [5, 5.41) is 9.63. The molecule has 2 rings (SSSR count). The van der Waals surface area contributed by atoms with E-state index >= 15 is 0 Å². The number of thiophene rings is 1. The minimum Gasteiger partial charge on any atom is -0.462 e. The van der Waals surface area contributed by atoms with Gasteiger partial charge in [0.25, 0.3) is 0 Å². The van der Waals surface area contributed by atoms with E-state index in [1.807, 2.05) is 0 Å². The smallest absolute Gasteiger partial charge is 0.348 e. The molecule has 0 aromatic carbocycles. The Labute approximate surface area is 143 Å². The fourth-order valence-electron chi connectivity index (χ4n) is 2.23. The van der Waals surface area contributed by atoms with Crippen molar-refractivity contribution in [1.82, 2.24) is 4.90 Å². The number of hydrogen-bond donors (Lipinski definition) is 1. The van der Waals surface area contributed by atoms with Gasteiger partial charge in [-0.25, -0.2) is 4.79 Å². The van der Waals surface area contributed by atoms with Gasteiger partial charge in [0.2, 0.25) is 0 Å². The molecule has 1 aromatic rings. The topological polar surface area (TPSA) is 79.3 Å². The quantitative estimate of drug-likeness (QED) is 0.657. The van der Waals surface area contributed by atoms with Crippen LogP contribution in [-0.4, -0.2) is 34.9 Å². The van der Waals surface area contributed by atoms with Gasteiger partial charge in [0, 0.05) is 24.4 Å². The average Bonchev–Trinajstić information content (AvgIpc) is 3.12. The molecule has 1 fully saturated rings. The lowest BCUT2D eigenvalue weighted by atomic mass is 10.2. The zero-order chi connectivity index (χ0) is 16.1. The second-order valence-corrected chi connectivity index (χ2v) is 7.39. The van der Waals surface area contributed by atoms with Crippen LogP contribution in [0.4, 0.5) is 5.00 Å². The summed E-state index contributed by atoms with van der Waals surface area (Å²) in [5.41, 5.74) is 6.85. The zero-order valence-corrected chi connectivity index (χ0v) is 14.7. The first-order valence-corrected chi connectivity index (χ1v) is 9.19. The SMILES string of the molecule is CCOC(=O)c1sc(N)c(C#N)c1CSC(=S)N1CCCC1. The third-order valence-corrected chi connectivity index (χ3v) is 5.90. The number of ether oxygens (including phenoxy) is 1. The Morgan fingerprint density at radius 1 is 1.55 bits per heavy atom. The highest BCUT2D eigenvalue weighted by molar-refractivity contribution is 8.22. The van der Waals surface area contributed by atoms with Crippen LogP contribution in [0, 0.1) is 11.3 Å². The normalized spacial score (nSPS) is 13.9. The number of nitriles is 1. The van der Waals surface area contributed by atoms with E-state index in [0.717, 1.165) is 41.6 Å². The van der Waals surface area contributed by atoms with E-state index in [4.69, 9.17) is 22.7 Å². The number of nitrogens with zero attached hydrogens (tertiary/aromatic N) is 2. The molecule has 2 N–H and O–H groups in total. The first-order chi connectivity index (χ1) is 10.6. The molecule has 0 atom stereocenters. The molecular formula is C14H17N3O2S3. The molecule has 0 radical (unpaired) electrons. The molecule has 1 aliphatic heterocycles. The van der Waals surface area contributed by atoms with Crippen LogP contribution in [0.3, 0.4) is 0 Å². The van der Waals surface area contributed by atoms with Gasteiger partial charge in [-0.2, -0.15) is 5.26 Å². The Balaban J connectivity index is 2.15. The predicted octanol–water partition coefficient (Wildman–Crippen LogP) is 2.99. The van der Waals surface area contributed by atoms with E-state index in [-0.39, 0.29) is 6.61 Å². The van der Waals surface area contributed by atoms with Crippen LogP contribution < -0.4 is 5.73 Å². The van der Waals surface area contributed by atoms with Crippen molar-refractivity contribution in [2.24, 2.45) is 0 Å². The number of thioether (sulfide) groups is 1. The van der Waals surface area contributed by atoms with Gasteiger partial charge in [-0.05, 0) is 19.8 Å². The summed E-state index contributed by atoms with van der Waals surface area (Å²) in [6.45, 7) is 4.00. The lowest BCUT2D eigenvalue weighted by Crippen LogP contribution is -2.23. The Hall–Kier alpha value is -1.30. The fraction of sp³-hybridized carbons (Fsp3) is 0.500. The average molecular weight is 356 g/mol. The number of hydrogen-bond acceptors (Lipinski definition) is 7. The van der Waals surface area contributed by atoms with E-state index in [0.29, 0.717) is 26.8 Å². The second-order valence-electron chi connectivity index (χ2n) is 4.73. The molecule has 0 spiro atoms. The summed E-state index contributed by atoms with van der Waals surface area (Å²) in [7, 11) is 0. The second kappa shape index (κ2) is 7.81.